The van der Waals surface area contributed by atoms with Crippen LogP contribution in [0.3, 0.4) is 0 Å². The Morgan fingerprint density at radius 2 is 0.209 bits per heavy atom. The number of hydrogen-bond donors (Lipinski definition) is 0. The summed E-state index contributed by atoms with van der Waals surface area (Å²) in [6.45, 7) is 0. The quantitative estimate of drug-likeness (QED) is 0.259. The standard InChI is InChI=1S/C91H40/c1-5-13-21-14-6-2-10-18-24-29-33-36-34-30-26-20-12-4-8-16-22-15-7-3-11-19-25-28-32-35-31-27-23-17-9(1)37(5)41(13)49(21)42(14)38(6,10)46(18)52(24)57(29)61(33)64(36)62(34)58(30)54(26)48(20)40(8,12)44(16)50(22)43(15)39(7,11)47(19)53(25)56(28)60(32)63(35)59(31)55(27)51(23)45(17,37)65(41)69(49)66(42,46)72(52)76(57)81(61)84(64)82(62)78(58)74(54)68(44,48)70(50)67(43,47)73(53)77(56)80(60)83(63)79(59)75(55)71(51,65)85(69,72)87(75,76)89(79,81)91(83,84)90(80,82)88(77,78)86(70,73)74/h5-36H,1-4H2. The van der Waals surface area contributed by atoms with Crippen LogP contribution in [0.4, 0.5) is 0 Å². The van der Waals surface area contributed by atoms with Crippen LogP contribution in [0, 0.1) is 487 Å². The molecule has 72 aliphatic rings. The molecule has 404 valence electrons. The van der Waals surface area contributed by atoms with Crippen LogP contribution in [0.15, 0.2) is 0 Å². The molecule has 0 heteroatoms. The average molecular weight is 1130 g/mol. The molecule has 0 aromatic carbocycles. The van der Waals surface area contributed by atoms with Crippen LogP contribution in [0.1, 0.15) is 25.7 Å². The molecule has 72 aliphatic carbocycles. The topological polar surface area (TPSA) is 0 Å². The Kier molecular flexibility index (Phi) is 1.19. The lowest BCUT2D eigenvalue weighted by atomic mass is 8.22. The molecule has 0 amide bonds. The van der Waals surface area contributed by atoms with Crippen molar-refractivity contribution in [1.82, 2.24) is 0 Å². The normalized spacial score (nSPS) is 155. The van der Waals surface area contributed by atoms with Crippen molar-refractivity contribution in [1.29, 1.82) is 0 Å². The van der Waals surface area contributed by atoms with Gasteiger partial charge in [0.05, 0.1) is 0 Å². The maximum Gasteiger partial charge on any atom is -0.0000249 e. The third kappa shape index (κ3) is 0.513. The van der Waals surface area contributed by atoms with Crippen molar-refractivity contribution in [2.24, 2.45) is 417 Å². The van der Waals surface area contributed by atoms with Gasteiger partial charge in [-0.3, -0.25) is 0 Å². The summed E-state index contributed by atoms with van der Waals surface area (Å²) in [7, 11) is 0. The fourth-order valence-corrected chi connectivity index (χ4v) is 113. The van der Waals surface area contributed by atoms with Crippen molar-refractivity contribution >= 4 is 0 Å². The highest BCUT2D eigenvalue weighted by molar-refractivity contribution is 6.71. The Morgan fingerprint density at radius 3 is 0.396 bits per heavy atom. The van der Waals surface area contributed by atoms with Crippen molar-refractivity contribution in [3.63, 3.8) is 0 Å². The maximum atomic E-state index is 1.92. The van der Waals surface area contributed by atoms with Gasteiger partial charge < -0.3 is 0 Å². The summed E-state index contributed by atoms with van der Waals surface area (Å²) in [5.74, 6) is 46.3. The van der Waals surface area contributed by atoms with E-state index in [1.54, 1.807) is 0 Å². The van der Waals surface area contributed by atoms with E-state index >= 15 is 0 Å². The van der Waals surface area contributed by atoms with E-state index in [4.69, 9.17) is 0 Å². The van der Waals surface area contributed by atoms with Crippen molar-refractivity contribution in [2.75, 3.05) is 0 Å². The molecule has 0 N–H and O–H groups in total. The summed E-state index contributed by atoms with van der Waals surface area (Å²) in [6, 6.07) is 0. The van der Waals surface area contributed by atoms with Gasteiger partial charge in [-0.2, -0.15) is 0 Å². The molecule has 0 aromatic heterocycles. The van der Waals surface area contributed by atoms with Gasteiger partial charge in [-0.05, 0) is 513 Å². The van der Waals surface area contributed by atoms with Gasteiger partial charge in [0, 0.05) is 0 Å². The third-order valence-electron chi connectivity index (χ3n) is 85.4. The molecule has 0 radical (unpaired) electrons. The number of fused-ring (bicyclic) bond motifs is 28. The number of rotatable bonds is 0. The van der Waals surface area contributed by atoms with E-state index in [9.17, 15) is 0 Å². The van der Waals surface area contributed by atoms with Crippen LogP contribution >= 0.6 is 0 Å². The summed E-state index contributed by atoms with van der Waals surface area (Å²) >= 11 is 0. The average Bonchev–Trinajstić information content (AvgIpc) is 0.401. The molecule has 68 atom stereocenters. The second-order valence-electron chi connectivity index (χ2n) is 61.5. The minimum absolute atomic E-state index is 1.11. The lowest BCUT2D eigenvalue weighted by Crippen LogP contribution is -3.77. The van der Waals surface area contributed by atoms with E-state index in [0.29, 0.717) is 0 Å². The van der Waals surface area contributed by atoms with Gasteiger partial charge >= 0.3 is 0 Å². The van der Waals surface area contributed by atoms with Crippen molar-refractivity contribution in [2.45, 2.75) is 25.7 Å². The van der Waals surface area contributed by atoms with Crippen LogP contribution in [0.5, 0.6) is 0 Å². The fraction of sp³-hybridized carbons (Fsp3) is 1.00. The largest absolute Gasteiger partial charge is 0.0458 e. The van der Waals surface area contributed by atoms with Crippen LogP contribution < -0.4 is 0 Å². The lowest BCUT2D eigenvalue weighted by Gasteiger charge is -3.80. The third-order valence-corrected chi connectivity index (χ3v) is 85.4. The highest BCUT2D eigenvalue weighted by atomic mass is 15.9. The van der Waals surface area contributed by atoms with Gasteiger partial charge in [-0.1, -0.05) is 0 Å². The molecule has 72 rings (SSSR count). The Morgan fingerprint density at radius 1 is 0.0989 bits per heavy atom. The summed E-state index contributed by atoms with van der Waals surface area (Å²) in [5, 5.41) is 0. The zero-order chi connectivity index (χ0) is 48.8. The van der Waals surface area contributed by atoms with Gasteiger partial charge in [-0.25, -0.2) is 0 Å². The SMILES string of the molecule is C1C2C3C4C5C6CC7C8C9C%10C%11C%12C%13C%14C%15C%16C%17CC%18C%19C%20C%21C%22CC%23C%24C%25C%26C%27C%28C%29C%30C%31C%32C1C21C32C43C54C67C85C96C%107C%118C%129C%13%10C%14%11C%15%12C%16%13C%18%17C%19%14C%20%15C%21%16C%22%23C%24%17C%25%18C%26%19C%27%20C%28%21C%29%22C%30%23C%31%24C%321C21C32C45C63C74C85C96C%107C%118C%129C%14%13C%15%10C%16%17C%18%11C%19%12C%20%13C%21%14C%22%15C%23%16C%241C23C%164C%155C%146C%137C%128C%10%119. The molecule has 0 bridgehead atoms. The molecule has 0 saturated heterocycles. The monoisotopic (exact) mass is 1130 g/mol. The number of hydrogen-bond acceptors (Lipinski definition) is 0. The molecular weight excluding hydrogens is 1090 g/mol. The van der Waals surface area contributed by atoms with Crippen LogP contribution in [0.25, 0.3) is 0 Å². The van der Waals surface area contributed by atoms with E-state index < -0.39 is 0 Å². The second kappa shape index (κ2) is 3.86. The molecular formula is C91H40. The van der Waals surface area contributed by atoms with Gasteiger partial charge in [0.25, 0.3) is 0 Å². The smallest absolute Gasteiger partial charge is 0.0000249 e. The zero-order valence-electron chi connectivity index (χ0n) is 48.8. The van der Waals surface area contributed by atoms with Gasteiger partial charge in [0.15, 0.2) is 0 Å². The van der Waals surface area contributed by atoms with E-state index in [2.05, 4.69) is 0 Å². The summed E-state index contributed by atoms with van der Waals surface area (Å²) in [5.41, 5.74) is 63.5. The summed E-state index contributed by atoms with van der Waals surface area (Å²) in [4.78, 5) is 0. The van der Waals surface area contributed by atoms with Gasteiger partial charge in [0.1, 0.15) is 0 Å². The molecule has 68 unspecified atom stereocenters. The molecule has 91 heavy (non-hydrogen) atoms. The highest BCUT2D eigenvalue weighted by Crippen LogP contribution is 3.89. The minimum atomic E-state index is 1.11. The first-order chi connectivity index (χ1) is 45.3. The van der Waals surface area contributed by atoms with Crippen LogP contribution in [0.2, 0.25) is 0 Å². The van der Waals surface area contributed by atoms with Crippen molar-refractivity contribution in [3.05, 3.63) is 70.4 Å². The first-order valence-corrected chi connectivity index (χ1v) is 45.3. The Balaban J connectivity index is 0.626. The van der Waals surface area contributed by atoms with Crippen molar-refractivity contribution < 1.29 is 0 Å². The van der Waals surface area contributed by atoms with E-state index in [1.807, 2.05) is 25.7 Å². The summed E-state index contributed by atoms with van der Waals surface area (Å²) < 4.78 is 0. The zero-order valence-corrected chi connectivity index (χ0v) is 48.8. The fourth-order valence-electron chi connectivity index (χ4n) is 113. The lowest BCUT2D eigenvalue weighted by molar-refractivity contribution is -1.19. The molecule has 72 saturated carbocycles. The Hall–Kier alpha value is 0. The Bertz CT molecular complexity index is 6700. The second-order valence-corrected chi connectivity index (χ2v) is 61.5. The predicted octanol–water partition coefficient (Wildman–Crippen LogP) is 6.55. The van der Waals surface area contributed by atoms with Crippen LogP contribution in [-0.2, 0) is 0 Å². The van der Waals surface area contributed by atoms with Gasteiger partial charge in [-0.15, -0.1) is 0 Å². The van der Waals surface area contributed by atoms with E-state index in [0.717, 1.165) is 184 Å². The van der Waals surface area contributed by atoms with E-state index in [-0.39, 0.29) is 0 Å². The van der Waals surface area contributed by atoms with Crippen molar-refractivity contribution in [3.8, 4) is 0 Å². The molecule has 72 fully saturated rings. The van der Waals surface area contributed by atoms with E-state index in [1.165, 1.54) is 303 Å². The molecule has 0 heterocycles. The molecule has 55 spiro atoms. The van der Waals surface area contributed by atoms with Gasteiger partial charge in [0.2, 0.25) is 0 Å². The first kappa shape index (κ1) is 28.1. The molecule has 0 aromatic rings. The molecule has 0 aliphatic heterocycles. The minimum Gasteiger partial charge on any atom is -0.0458 e. The predicted molar refractivity (Wildman–Crippen MR) is 274 cm³/mol. The Labute approximate surface area is 509 Å². The summed E-state index contributed by atoms with van der Waals surface area (Å²) in [6.07, 6.45) is 7.68. The highest BCUT2D eigenvalue weighted by Gasteiger charge is 3.86. The van der Waals surface area contributed by atoms with Crippen LogP contribution in [-0.4, -0.2) is 0 Å². The first-order valence-electron chi connectivity index (χ1n) is 45.3. The molecule has 0 nitrogen and oxygen atoms in total. The maximum absolute atomic E-state index is 1.92.